The molecule has 2 atom stereocenters. The summed E-state index contributed by atoms with van der Waals surface area (Å²) in [6, 6.07) is 1.37. The molecule has 1 heterocycles. The van der Waals surface area contributed by atoms with Gasteiger partial charge in [-0.25, -0.2) is 0 Å². The monoisotopic (exact) mass is 284 g/mol. The van der Waals surface area contributed by atoms with Gasteiger partial charge in [0.15, 0.2) is 0 Å². The largest absolute Gasteiger partial charge is 0.380 e. The molecular weight excluding hydrogens is 248 g/mol. The van der Waals surface area contributed by atoms with Crippen LogP contribution in [0.2, 0.25) is 0 Å². The third kappa shape index (κ3) is 7.05. The van der Waals surface area contributed by atoms with Gasteiger partial charge in [-0.15, -0.1) is 0 Å². The molecule has 1 saturated heterocycles. The summed E-state index contributed by atoms with van der Waals surface area (Å²) in [5.74, 6) is 0.771. The van der Waals surface area contributed by atoms with Gasteiger partial charge >= 0.3 is 0 Å². The lowest BCUT2D eigenvalue weighted by Gasteiger charge is -2.41. The van der Waals surface area contributed by atoms with E-state index >= 15 is 0 Å². The molecule has 1 fully saturated rings. The summed E-state index contributed by atoms with van der Waals surface area (Å²) >= 11 is 0. The van der Waals surface area contributed by atoms with Crippen LogP contribution >= 0.6 is 0 Å². The van der Waals surface area contributed by atoms with Crippen LogP contribution in [-0.4, -0.2) is 49.8 Å². The van der Waals surface area contributed by atoms with Crippen molar-refractivity contribution in [2.75, 3.05) is 32.8 Å². The number of hydrogen-bond donors (Lipinski definition) is 1. The van der Waals surface area contributed by atoms with E-state index < -0.39 is 0 Å². The molecule has 120 valence electrons. The first-order valence-corrected chi connectivity index (χ1v) is 8.72. The molecule has 3 heteroatoms. The van der Waals surface area contributed by atoms with Crippen LogP contribution in [0.15, 0.2) is 0 Å². The summed E-state index contributed by atoms with van der Waals surface area (Å²) in [6.07, 6.45) is 6.27. The Hall–Kier alpha value is -0.120. The van der Waals surface area contributed by atoms with Gasteiger partial charge in [0.25, 0.3) is 0 Å². The van der Waals surface area contributed by atoms with Crippen molar-refractivity contribution in [3.63, 3.8) is 0 Å². The first-order valence-electron chi connectivity index (χ1n) is 8.72. The second kappa shape index (κ2) is 10.6. The minimum Gasteiger partial charge on any atom is -0.380 e. The summed E-state index contributed by atoms with van der Waals surface area (Å²) in [7, 11) is 0. The lowest BCUT2D eigenvalue weighted by molar-refractivity contribution is 0.0565. The molecule has 1 aliphatic heterocycles. The Morgan fingerprint density at radius 3 is 2.65 bits per heavy atom. The van der Waals surface area contributed by atoms with Crippen LogP contribution in [-0.2, 0) is 4.74 Å². The van der Waals surface area contributed by atoms with Crippen LogP contribution in [0.1, 0.15) is 59.8 Å². The quantitative estimate of drug-likeness (QED) is 0.623. The first kappa shape index (κ1) is 17.9. The van der Waals surface area contributed by atoms with Crippen molar-refractivity contribution < 1.29 is 4.74 Å². The highest BCUT2D eigenvalue weighted by Gasteiger charge is 2.27. The number of nitrogens with zero attached hydrogens (tertiary/aromatic N) is 1. The van der Waals surface area contributed by atoms with Crippen LogP contribution in [0, 0.1) is 5.92 Å². The summed E-state index contributed by atoms with van der Waals surface area (Å²) in [5, 5.41) is 3.73. The molecule has 0 bridgehead atoms. The van der Waals surface area contributed by atoms with Crippen molar-refractivity contribution in [1.82, 2.24) is 10.2 Å². The Kier molecular flexibility index (Phi) is 9.49. The van der Waals surface area contributed by atoms with Crippen LogP contribution in [0.25, 0.3) is 0 Å². The van der Waals surface area contributed by atoms with Gasteiger partial charge in [-0.2, -0.15) is 0 Å². The minimum absolute atomic E-state index is 0.680. The maximum atomic E-state index is 5.76. The average Bonchev–Trinajstić information content (AvgIpc) is 2.41. The van der Waals surface area contributed by atoms with E-state index in [2.05, 4.69) is 37.9 Å². The summed E-state index contributed by atoms with van der Waals surface area (Å²) in [5.41, 5.74) is 0. The van der Waals surface area contributed by atoms with Crippen LogP contribution in [0.5, 0.6) is 0 Å². The van der Waals surface area contributed by atoms with Gasteiger partial charge in [0.2, 0.25) is 0 Å². The Labute approximate surface area is 126 Å². The van der Waals surface area contributed by atoms with Gasteiger partial charge in [0, 0.05) is 38.3 Å². The molecule has 1 aliphatic rings. The summed E-state index contributed by atoms with van der Waals surface area (Å²) < 4.78 is 5.76. The molecule has 3 nitrogen and oxygen atoms in total. The molecule has 0 aliphatic carbocycles. The Balaban J connectivity index is 2.36. The second-order valence-electron chi connectivity index (χ2n) is 6.64. The Morgan fingerprint density at radius 2 is 2.00 bits per heavy atom. The van der Waals surface area contributed by atoms with Gasteiger partial charge in [-0.3, -0.25) is 4.90 Å². The molecule has 1 N–H and O–H groups in total. The maximum Gasteiger partial charge on any atom is 0.0593 e. The lowest BCUT2D eigenvalue weighted by Crippen LogP contribution is -2.57. The first-order chi connectivity index (χ1) is 9.67. The van der Waals surface area contributed by atoms with Gasteiger partial charge < -0.3 is 10.1 Å². The molecule has 2 unspecified atom stereocenters. The summed E-state index contributed by atoms with van der Waals surface area (Å²) in [4.78, 5) is 2.67. The predicted octanol–water partition coefficient (Wildman–Crippen LogP) is 3.29. The van der Waals surface area contributed by atoms with Crippen molar-refractivity contribution in [1.29, 1.82) is 0 Å². The van der Waals surface area contributed by atoms with Crippen LogP contribution < -0.4 is 5.32 Å². The highest BCUT2D eigenvalue weighted by atomic mass is 16.5. The van der Waals surface area contributed by atoms with Gasteiger partial charge in [-0.05, 0) is 25.2 Å². The number of nitrogens with one attached hydrogen (secondary N) is 1. The van der Waals surface area contributed by atoms with E-state index in [1.807, 2.05) is 0 Å². The van der Waals surface area contributed by atoms with Crippen LogP contribution in [0.3, 0.4) is 0 Å². The lowest BCUT2D eigenvalue weighted by atomic mass is 9.98. The van der Waals surface area contributed by atoms with Crippen molar-refractivity contribution >= 4 is 0 Å². The van der Waals surface area contributed by atoms with Crippen molar-refractivity contribution in [3.8, 4) is 0 Å². The Bertz CT molecular complexity index is 233. The number of unbranched alkanes of at least 4 members (excludes halogenated alkanes) is 1. The normalized spacial score (nSPS) is 24.4. The van der Waals surface area contributed by atoms with Gasteiger partial charge in [-0.1, -0.05) is 40.5 Å². The summed E-state index contributed by atoms with van der Waals surface area (Å²) in [6.45, 7) is 14.4. The molecule has 1 rings (SSSR count). The van der Waals surface area contributed by atoms with E-state index in [0.29, 0.717) is 12.1 Å². The average molecular weight is 284 g/mol. The van der Waals surface area contributed by atoms with E-state index in [1.165, 1.54) is 38.6 Å². The number of ether oxygens (including phenoxy) is 1. The fourth-order valence-electron chi connectivity index (χ4n) is 3.05. The molecule has 0 saturated carbocycles. The molecule has 0 radical (unpaired) electrons. The second-order valence-corrected chi connectivity index (χ2v) is 6.64. The highest BCUT2D eigenvalue weighted by molar-refractivity contribution is 4.86. The van der Waals surface area contributed by atoms with E-state index in [4.69, 9.17) is 4.74 Å². The standard InChI is InChI=1S/C17H36N2O/c1-5-7-10-20-11-9-19-14-16(8-6-2)18-13-17(19)12-15(3)4/h15-18H,5-14H2,1-4H3. The zero-order valence-electron chi connectivity index (χ0n) is 14.2. The van der Waals surface area contributed by atoms with Crippen molar-refractivity contribution in [2.45, 2.75) is 71.9 Å². The topological polar surface area (TPSA) is 24.5 Å². The minimum atomic E-state index is 0.680. The van der Waals surface area contributed by atoms with Crippen molar-refractivity contribution in [3.05, 3.63) is 0 Å². The highest BCUT2D eigenvalue weighted by Crippen LogP contribution is 2.17. The zero-order chi connectivity index (χ0) is 14.8. The zero-order valence-corrected chi connectivity index (χ0v) is 14.2. The Morgan fingerprint density at radius 1 is 1.20 bits per heavy atom. The fourth-order valence-corrected chi connectivity index (χ4v) is 3.05. The molecule has 0 amide bonds. The molecule has 0 aromatic rings. The van der Waals surface area contributed by atoms with E-state index in [1.54, 1.807) is 0 Å². The number of rotatable bonds is 10. The fraction of sp³-hybridized carbons (Fsp3) is 1.00. The SMILES string of the molecule is CCCCOCCN1CC(CCC)NCC1CC(C)C. The van der Waals surface area contributed by atoms with E-state index in [-0.39, 0.29) is 0 Å². The predicted molar refractivity (Wildman–Crippen MR) is 87.2 cm³/mol. The molecule has 0 aromatic carbocycles. The van der Waals surface area contributed by atoms with E-state index in [9.17, 15) is 0 Å². The molecule has 20 heavy (non-hydrogen) atoms. The maximum absolute atomic E-state index is 5.76. The molecule has 0 aromatic heterocycles. The van der Waals surface area contributed by atoms with Crippen LogP contribution in [0.4, 0.5) is 0 Å². The van der Waals surface area contributed by atoms with Gasteiger partial charge in [0.05, 0.1) is 6.61 Å². The number of piperazine rings is 1. The van der Waals surface area contributed by atoms with Crippen molar-refractivity contribution in [2.24, 2.45) is 5.92 Å². The smallest absolute Gasteiger partial charge is 0.0593 e. The van der Waals surface area contributed by atoms with Gasteiger partial charge in [0.1, 0.15) is 0 Å². The molecular formula is C17H36N2O. The van der Waals surface area contributed by atoms with E-state index in [0.717, 1.165) is 32.2 Å². The molecule has 0 spiro atoms. The number of hydrogen-bond acceptors (Lipinski definition) is 3. The third-order valence-electron chi connectivity index (χ3n) is 4.16. The third-order valence-corrected chi connectivity index (χ3v) is 4.16.